The van der Waals surface area contributed by atoms with Crippen LogP contribution in [-0.4, -0.2) is 30.3 Å². The van der Waals surface area contributed by atoms with Crippen molar-refractivity contribution in [1.29, 1.82) is 0 Å². The molecule has 0 aliphatic rings. The summed E-state index contributed by atoms with van der Waals surface area (Å²) in [5.41, 5.74) is 7.17. The maximum Gasteiger partial charge on any atom is 0.408 e. The highest BCUT2D eigenvalue weighted by molar-refractivity contribution is 14.0. The molecule has 1 atom stereocenters. The Balaban J connectivity index is 0.00000480. The molecule has 31 heavy (non-hydrogen) atoms. The summed E-state index contributed by atoms with van der Waals surface area (Å²) in [5.74, 6) is 1.04. The number of guanidine groups is 1. The second kappa shape index (κ2) is 12.4. The SMILES string of the molecule is CC(C)Oc1ccc(NC(N)=NCC(NC(=O)OC(C)(C)C)c2ccccc2)cc1.I. The molecule has 0 saturated heterocycles. The van der Waals surface area contributed by atoms with Crippen LogP contribution in [0.1, 0.15) is 46.2 Å². The Morgan fingerprint density at radius 2 is 1.68 bits per heavy atom. The lowest BCUT2D eigenvalue weighted by Crippen LogP contribution is -2.36. The summed E-state index contributed by atoms with van der Waals surface area (Å²) in [6.07, 6.45) is -0.387. The molecule has 2 aromatic carbocycles. The summed E-state index contributed by atoms with van der Waals surface area (Å²) in [6, 6.07) is 16.7. The molecule has 0 saturated carbocycles. The van der Waals surface area contributed by atoms with Crippen molar-refractivity contribution in [3.63, 3.8) is 0 Å². The number of nitrogens with one attached hydrogen (secondary N) is 2. The van der Waals surface area contributed by atoms with Gasteiger partial charge in [0.1, 0.15) is 11.4 Å². The first-order chi connectivity index (χ1) is 14.1. The molecule has 0 spiro atoms. The minimum atomic E-state index is -0.583. The van der Waals surface area contributed by atoms with Crippen LogP contribution >= 0.6 is 24.0 Å². The van der Waals surface area contributed by atoms with Crippen molar-refractivity contribution >= 4 is 41.7 Å². The second-order valence-corrected chi connectivity index (χ2v) is 8.15. The van der Waals surface area contributed by atoms with Gasteiger partial charge in [-0.3, -0.25) is 4.99 Å². The molecule has 8 heteroatoms. The lowest BCUT2D eigenvalue weighted by Gasteiger charge is -2.23. The Morgan fingerprint density at radius 1 is 1.06 bits per heavy atom. The number of benzene rings is 2. The zero-order chi connectivity index (χ0) is 22.1. The maximum atomic E-state index is 12.2. The number of alkyl carbamates (subject to hydrolysis) is 1. The third-order valence-corrected chi connectivity index (χ3v) is 3.84. The number of nitrogens with zero attached hydrogens (tertiary/aromatic N) is 1. The Kier molecular flexibility index (Phi) is 10.6. The zero-order valence-electron chi connectivity index (χ0n) is 18.7. The molecular weight excluding hydrogens is 507 g/mol. The smallest absolute Gasteiger partial charge is 0.408 e. The Labute approximate surface area is 201 Å². The molecule has 2 rings (SSSR count). The van der Waals surface area contributed by atoms with Gasteiger partial charge < -0.3 is 25.8 Å². The average molecular weight is 540 g/mol. The summed E-state index contributed by atoms with van der Waals surface area (Å²) in [5, 5.41) is 5.92. The van der Waals surface area contributed by atoms with Crippen molar-refractivity contribution in [3.8, 4) is 5.75 Å². The molecule has 1 amide bonds. The normalized spacial score (nSPS) is 12.5. The van der Waals surface area contributed by atoms with E-state index in [0.717, 1.165) is 17.0 Å². The molecule has 0 radical (unpaired) electrons. The minimum absolute atomic E-state index is 0. The van der Waals surface area contributed by atoms with E-state index in [-0.39, 0.29) is 48.6 Å². The van der Waals surface area contributed by atoms with Crippen LogP contribution in [-0.2, 0) is 4.74 Å². The van der Waals surface area contributed by atoms with Gasteiger partial charge >= 0.3 is 6.09 Å². The fourth-order valence-corrected chi connectivity index (χ4v) is 2.64. The van der Waals surface area contributed by atoms with E-state index in [0.29, 0.717) is 0 Å². The van der Waals surface area contributed by atoms with E-state index in [1.807, 2.05) is 89.2 Å². The quantitative estimate of drug-likeness (QED) is 0.259. The molecule has 0 fully saturated rings. The number of anilines is 1. The number of amides is 1. The largest absolute Gasteiger partial charge is 0.491 e. The van der Waals surface area contributed by atoms with Crippen molar-refractivity contribution in [2.45, 2.75) is 52.4 Å². The van der Waals surface area contributed by atoms with Gasteiger partial charge in [0.2, 0.25) is 0 Å². The second-order valence-electron chi connectivity index (χ2n) is 8.15. The number of halogens is 1. The van der Waals surface area contributed by atoms with Gasteiger partial charge in [-0.05, 0) is 64.4 Å². The van der Waals surface area contributed by atoms with Crippen molar-refractivity contribution < 1.29 is 14.3 Å². The summed E-state index contributed by atoms with van der Waals surface area (Å²) >= 11 is 0. The number of nitrogens with two attached hydrogens (primary N) is 1. The van der Waals surface area contributed by atoms with Gasteiger partial charge in [0.15, 0.2) is 5.96 Å². The maximum absolute atomic E-state index is 12.2. The fourth-order valence-electron chi connectivity index (χ4n) is 2.64. The molecule has 0 aromatic heterocycles. The van der Waals surface area contributed by atoms with E-state index < -0.39 is 11.7 Å². The molecular formula is C23H33IN4O3. The van der Waals surface area contributed by atoms with Crippen LogP contribution in [0, 0.1) is 0 Å². The highest BCUT2D eigenvalue weighted by Crippen LogP contribution is 2.18. The fraction of sp³-hybridized carbons (Fsp3) is 0.391. The van der Waals surface area contributed by atoms with Crippen molar-refractivity contribution in [1.82, 2.24) is 5.32 Å². The Hall–Kier alpha value is -2.49. The lowest BCUT2D eigenvalue weighted by molar-refractivity contribution is 0.0505. The summed E-state index contributed by atoms with van der Waals surface area (Å²) in [7, 11) is 0. The van der Waals surface area contributed by atoms with Crippen molar-refractivity contribution in [2.24, 2.45) is 10.7 Å². The van der Waals surface area contributed by atoms with Crippen LogP contribution in [0.15, 0.2) is 59.6 Å². The van der Waals surface area contributed by atoms with Gasteiger partial charge in [0.25, 0.3) is 0 Å². The molecule has 0 bridgehead atoms. The summed E-state index contributed by atoms with van der Waals surface area (Å²) in [6.45, 7) is 9.68. The van der Waals surface area contributed by atoms with Crippen LogP contribution in [0.3, 0.4) is 0 Å². The Bertz CT molecular complexity index is 834. The van der Waals surface area contributed by atoms with E-state index in [2.05, 4.69) is 15.6 Å². The van der Waals surface area contributed by atoms with E-state index in [1.54, 1.807) is 0 Å². The number of rotatable bonds is 7. The van der Waals surface area contributed by atoms with Crippen molar-refractivity contribution in [3.05, 3.63) is 60.2 Å². The standard InChI is InChI=1S/C23H32N4O3.HI/c1-16(2)29-19-13-11-18(12-14-19)26-21(24)25-15-20(17-9-7-6-8-10-17)27-22(28)30-23(3,4)5;/h6-14,16,20H,15H2,1-5H3,(H,27,28)(H3,24,25,26);1H. The predicted octanol–water partition coefficient (Wildman–Crippen LogP) is 5.08. The van der Waals surface area contributed by atoms with Crippen LogP contribution in [0.4, 0.5) is 10.5 Å². The molecule has 7 nitrogen and oxygen atoms in total. The molecule has 0 heterocycles. The van der Waals surface area contributed by atoms with Crippen molar-refractivity contribution in [2.75, 3.05) is 11.9 Å². The first kappa shape index (κ1) is 26.5. The van der Waals surface area contributed by atoms with Gasteiger partial charge in [-0.25, -0.2) is 4.79 Å². The van der Waals surface area contributed by atoms with E-state index in [1.165, 1.54) is 0 Å². The number of ether oxygens (including phenoxy) is 2. The third-order valence-electron chi connectivity index (χ3n) is 3.84. The first-order valence-electron chi connectivity index (χ1n) is 10.0. The van der Waals surface area contributed by atoms with Gasteiger partial charge in [0.05, 0.1) is 18.7 Å². The molecule has 170 valence electrons. The summed E-state index contributed by atoms with van der Waals surface area (Å²) < 4.78 is 11.0. The minimum Gasteiger partial charge on any atom is -0.491 e. The van der Waals surface area contributed by atoms with Crippen LogP contribution in [0.2, 0.25) is 0 Å². The number of aliphatic imine (C=N–C) groups is 1. The van der Waals surface area contributed by atoms with Crippen LogP contribution in [0.25, 0.3) is 0 Å². The van der Waals surface area contributed by atoms with E-state index in [9.17, 15) is 4.79 Å². The first-order valence-corrected chi connectivity index (χ1v) is 10.0. The highest BCUT2D eigenvalue weighted by Gasteiger charge is 2.20. The van der Waals surface area contributed by atoms with E-state index in [4.69, 9.17) is 15.2 Å². The predicted molar refractivity (Wildman–Crippen MR) is 136 cm³/mol. The molecule has 4 N–H and O–H groups in total. The van der Waals surface area contributed by atoms with Crippen LogP contribution < -0.4 is 21.1 Å². The lowest BCUT2D eigenvalue weighted by atomic mass is 10.1. The number of carbonyl (C=O) groups is 1. The van der Waals surface area contributed by atoms with Gasteiger partial charge in [0, 0.05) is 5.69 Å². The number of hydrogen-bond acceptors (Lipinski definition) is 4. The summed E-state index contributed by atoms with van der Waals surface area (Å²) in [4.78, 5) is 16.6. The highest BCUT2D eigenvalue weighted by atomic mass is 127. The molecule has 0 aliphatic carbocycles. The van der Waals surface area contributed by atoms with Gasteiger partial charge in [-0.2, -0.15) is 0 Å². The van der Waals surface area contributed by atoms with E-state index >= 15 is 0 Å². The average Bonchev–Trinajstić information content (AvgIpc) is 2.65. The number of hydrogen-bond donors (Lipinski definition) is 3. The topological polar surface area (TPSA) is 98.0 Å². The van der Waals surface area contributed by atoms with Crippen LogP contribution in [0.5, 0.6) is 5.75 Å². The van der Waals surface area contributed by atoms with Gasteiger partial charge in [-0.1, -0.05) is 30.3 Å². The monoisotopic (exact) mass is 540 g/mol. The number of carbonyl (C=O) groups excluding carboxylic acids is 1. The zero-order valence-corrected chi connectivity index (χ0v) is 21.0. The molecule has 1 unspecified atom stereocenters. The Morgan fingerprint density at radius 3 is 2.23 bits per heavy atom. The molecule has 2 aromatic rings. The van der Waals surface area contributed by atoms with Gasteiger partial charge in [-0.15, -0.1) is 24.0 Å². The third kappa shape index (κ3) is 10.4. The molecule has 0 aliphatic heterocycles.